The topological polar surface area (TPSA) is 107 Å². The molecule has 0 saturated heterocycles. The summed E-state index contributed by atoms with van der Waals surface area (Å²) in [7, 11) is 0. The maximum absolute atomic E-state index is 12.1. The maximum Gasteiger partial charge on any atom is 0.200 e. The number of carbonyl (C=O) groups is 1. The molecule has 0 amide bonds. The zero-order valence-corrected chi connectivity index (χ0v) is 10.8. The Morgan fingerprint density at radius 3 is 2.33 bits per heavy atom. The van der Waals surface area contributed by atoms with Gasteiger partial charge < -0.3 is 25.2 Å². The van der Waals surface area contributed by atoms with E-state index in [-0.39, 0.29) is 23.5 Å². The Kier molecular flexibility index (Phi) is 2.86. The van der Waals surface area contributed by atoms with Gasteiger partial charge in [0.2, 0.25) is 0 Å². The Balaban J connectivity index is 2.02. The summed E-state index contributed by atoms with van der Waals surface area (Å²) in [6, 6.07) is 6.78. The van der Waals surface area contributed by atoms with Gasteiger partial charge in [0.05, 0.1) is 0 Å². The molecule has 1 atom stereocenters. The molecule has 6 nitrogen and oxygen atoms in total. The Bertz CT molecular complexity index is 714. The lowest BCUT2D eigenvalue weighted by molar-refractivity contribution is -0.126. The van der Waals surface area contributed by atoms with Crippen molar-refractivity contribution in [2.24, 2.45) is 0 Å². The fourth-order valence-electron chi connectivity index (χ4n) is 2.30. The first-order valence-corrected chi connectivity index (χ1v) is 6.22. The van der Waals surface area contributed by atoms with E-state index in [2.05, 4.69) is 0 Å². The van der Waals surface area contributed by atoms with Gasteiger partial charge >= 0.3 is 0 Å². The van der Waals surface area contributed by atoms with Crippen molar-refractivity contribution in [1.82, 2.24) is 0 Å². The standard InChI is InChI=1S/C15H12O6/c16-9-2-1-7-3-12(19)15(21-13(7)6-9)8-4-10(17)14(20)11(18)5-8/h1-2,4-6,15-18,20H,3H2. The van der Waals surface area contributed by atoms with Gasteiger partial charge in [0, 0.05) is 23.6 Å². The zero-order valence-electron chi connectivity index (χ0n) is 10.8. The second kappa shape index (κ2) is 4.59. The van der Waals surface area contributed by atoms with Gasteiger partial charge in [-0.3, -0.25) is 4.79 Å². The molecule has 108 valence electrons. The number of fused-ring (bicyclic) bond motifs is 1. The van der Waals surface area contributed by atoms with Crippen LogP contribution in [0.1, 0.15) is 17.2 Å². The molecule has 0 spiro atoms. The number of rotatable bonds is 1. The molecule has 0 radical (unpaired) electrons. The first-order valence-electron chi connectivity index (χ1n) is 6.22. The van der Waals surface area contributed by atoms with E-state index in [1.807, 2.05) is 0 Å². The van der Waals surface area contributed by atoms with Crippen LogP contribution in [0, 0.1) is 0 Å². The van der Waals surface area contributed by atoms with E-state index >= 15 is 0 Å². The van der Waals surface area contributed by atoms with Crippen molar-refractivity contribution < 1.29 is 30.0 Å². The van der Waals surface area contributed by atoms with Crippen molar-refractivity contribution >= 4 is 5.78 Å². The summed E-state index contributed by atoms with van der Waals surface area (Å²) < 4.78 is 5.55. The van der Waals surface area contributed by atoms with Crippen molar-refractivity contribution in [3.05, 3.63) is 41.5 Å². The van der Waals surface area contributed by atoms with Crippen LogP contribution in [-0.4, -0.2) is 26.2 Å². The number of ketones is 1. The van der Waals surface area contributed by atoms with Crippen molar-refractivity contribution in [2.75, 3.05) is 0 Å². The Hall–Kier alpha value is -2.89. The molecule has 1 heterocycles. The fourth-order valence-corrected chi connectivity index (χ4v) is 2.30. The number of ether oxygens (including phenoxy) is 1. The quantitative estimate of drug-likeness (QED) is 0.596. The summed E-state index contributed by atoms with van der Waals surface area (Å²) in [6.45, 7) is 0. The largest absolute Gasteiger partial charge is 0.508 e. The molecule has 21 heavy (non-hydrogen) atoms. The lowest BCUT2D eigenvalue weighted by Crippen LogP contribution is -2.25. The molecule has 6 heteroatoms. The molecule has 2 aromatic carbocycles. The Labute approximate surface area is 119 Å². The zero-order chi connectivity index (χ0) is 15.1. The number of benzene rings is 2. The molecular weight excluding hydrogens is 276 g/mol. The van der Waals surface area contributed by atoms with Crippen LogP contribution in [0.5, 0.6) is 28.7 Å². The Morgan fingerprint density at radius 1 is 1.00 bits per heavy atom. The van der Waals surface area contributed by atoms with Gasteiger partial charge in [0.25, 0.3) is 0 Å². The van der Waals surface area contributed by atoms with Crippen LogP contribution < -0.4 is 4.74 Å². The molecule has 0 bridgehead atoms. The smallest absolute Gasteiger partial charge is 0.200 e. The minimum Gasteiger partial charge on any atom is -0.508 e. The van der Waals surface area contributed by atoms with E-state index < -0.39 is 23.4 Å². The highest BCUT2D eigenvalue weighted by Gasteiger charge is 2.30. The molecule has 4 N–H and O–H groups in total. The highest BCUT2D eigenvalue weighted by molar-refractivity contribution is 5.89. The van der Waals surface area contributed by atoms with Gasteiger partial charge in [0.1, 0.15) is 11.5 Å². The van der Waals surface area contributed by atoms with E-state index in [9.17, 15) is 25.2 Å². The van der Waals surface area contributed by atoms with E-state index in [0.29, 0.717) is 11.3 Å². The average molecular weight is 288 g/mol. The summed E-state index contributed by atoms with van der Waals surface area (Å²) >= 11 is 0. The fraction of sp³-hybridized carbons (Fsp3) is 0.133. The van der Waals surface area contributed by atoms with Crippen LogP contribution in [0.25, 0.3) is 0 Å². The molecule has 0 fully saturated rings. The molecule has 0 saturated carbocycles. The molecule has 0 aromatic heterocycles. The van der Waals surface area contributed by atoms with E-state index in [1.165, 1.54) is 12.1 Å². The van der Waals surface area contributed by atoms with E-state index in [1.54, 1.807) is 6.07 Å². The summed E-state index contributed by atoms with van der Waals surface area (Å²) in [5.41, 5.74) is 0.878. The van der Waals surface area contributed by atoms with Crippen LogP contribution in [-0.2, 0) is 11.2 Å². The van der Waals surface area contributed by atoms with Gasteiger partial charge in [-0.2, -0.15) is 0 Å². The van der Waals surface area contributed by atoms with Crippen molar-refractivity contribution in [3.63, 3.8) is 0 Å². The van der Waals surface area contributed by atoms with E-state index in [0.717, 1.165) is 12.1 Å². The number of hydrogen-bond acceptors (Lipinski definition) is 6. The monoisotopic (exact) mass is 288 g/mol. The van der Waals surface area contributed by atoms with Crippen LogP contribution in [0.15, 0.2) is 30.3 Å². The summed E-state index contributed by atoms with van der Waals surface area (Å²) in [5.74, 6) is -1.60. The van der Waals surface area contributed by atoms with Crippen molar-refractivity contribution in [2.45, 2.75) is 12.5 Å². The van der Waals surface area contributed by atoms with Gasteiger partial charge in [-0.15, -0.1) is 0 Å². The molecule has 3 rings (SSSR count). The minimum absolute atomic E-state index is 0.0123. The number of hydrogen-bond donors (Lipinski definition) is 4. The third-order valence-corrected chi connectivity index (χ3v) is 3.35. The summed E-state index contributed by atoms with van der Waals surface area (Å²) in [6.07, 6.45) is -0.903. The van der Waals surface area contributed by atoms with Crippen LogP contribution in [0.3, 0.4) is 0 Å². The van der Waals surface area contributed by atoms with Crippen LogP contribution in [0.4, 0.5) is 0 Å². The SMILES string of the molecule is O=C1Cc2ccc(O)cc2OC1c1cc(O)c(O)c(O)c1. The molecule has 1 aliphatic rings. The number of phenols is 4. The predicted molar refractivity (Wildman–Crippen MR) is 71.6 cm³/mol. The van der Waals surface area contributed by atoms with Gasteiger partial charge in [-0.25, -0.2) is 0 Å². The molecule has 2 aromatic rings. The van der Waals surface area contributed by atoms with Gasteiger partial charge in [-0.1, -0.05) is 6.07 Å². The molecule has 1 aliphatic heterocycles. The second-order valence-electron chi connectivity index (χ2n) is 4.84. The highest BCUT2D eigenvalue weighted by atomic mass is 16.5. The average Bonchev–Trinajstić information content (AvgIpc) is 2.44. The third-order valence-electron chi connectivity index (χ3n) is 3.35. The van der Waals surface area contributed by atoms with Crippen LogP contribution >= 0.6 is 0 Å². The maximum atomic E-state index is 12.1. The number of Topliss-reactive ketones (excluding diaryl/α,β-unsaturated/α-hetero) is 1. The number of phenolic OH excluding ortho intramolecular Hbond substituents is 4. The van der Waals surface area contributed by atoms with E-state index in [4.69, 9.17) is 4.74 Å². The lowest BCUT2D eigenvalue weighted by atomic mass is 9.95. The van der Waals surface area contributed by atoms with Gasteiger partial charge in [-0.05, 0) is 18.2 Å². The van der Waals surface area contributed by atoms with Crippen molar-refractivity contribution in [3.8, 4) is 28.7 Å². The normalized spacial score (nSPS) is 17.1. The second-order valence-corrected chi connectivity index (χ2v) is 4.84. The first-order chi connectivity index (χ1) is 9.95. The predicted octanol–water partition coefficient (Wildman–Crippen LogP) is 1.75. The molecule has 1 unspecified atom stereocenters. The summed E-state index contributed by atoms with van der Waals surface area (Å²) in [5, 5.41) is 37.8. The molecular formula is C15H12O6. The Morgan fingerprint density at radius 2 is 1.67 bits per heavy atom. The van der Waals surface area contributed by atoms with Crippen molar-refractivity contribution in [1.29, 1.82) is 0 Å². The van der Waals surface area contributed by atoms with Crippen LogP contribution in [0.2, 0.25) is 0 Å². The summed E-state index contributed by atoms with van der Waals surface area (Å²) in [4.78, 5) is 12.1. The lowest BCUT2D eigenvalue weighted by Gasteiger charge is -2.25. The number of aromatic hydroxyl groups is 4. The number of carbonyl (C=O) groups excluding carboxylic acids is 1. The minimum atomic E-state index is -1.02. The van der Waals surface area contributed by atoms with Gasteiger partial charge in [0.15, 0.2) is 29.1 Å². The highest BCUT2D eigenvalue weighted by Crippen LogP contribution is 2.41. The first kappa shape index (κ1) is 13.1. The third kappa shape index (κ3) is 2.20. The molecule has 0 aliphatic carbocycles.